The second-order valence-corrected chi connectivity index (χ2v) is 8.05. The van der Waals surface area contributed by atoms with Gasteiger partial charge in [0, 0.05) is 10.8 Å². The van der Waals surface area contributed by atoms with E-state index in [0.717, 1.165) is 16.5 Å². The number of nitrogens with one attached hydrogen (secondary N) is 1. The molecule has 0 saturated carbocycles. The highest BCUT2D eigenvalue weighted by atomic mass is 32.2. The van der Waals surface area contributed by atoms with Crippen LogP contribution in [0.1, 0.15) is 40.2 Å². The minimum atomic E-state index is 0.168. The van der Waals surface area contributed by atoms with Crippen molar-refractivity contribution in [3.63, 3.8) is 0 Å². The van der Waals surface area contributed by atoms with Gasteiger partial charge in [-0.15, -0.1) is 10.2 Å². The van der Waals surface area contributed by atoms with Crippen molar-refractivity contribution in [1.29, 1.82) is 0 Å². The van der Waals surface area contributed by atoms with Crippen LogP contribution in [-0.4, -0.2) is 26.2 Å². The molecule has 4 nitrogen and oxygen atoms in total. The van der Waals surface area contributed by atoms with Crippen molar-refractivity contribution < 1.29 is 0 Å². The Hall–Kier alpha value is -1.49. The lowest BCUT2D eigenvalue weighted by Crippen LogP contribution is -2.37. The number of thioether (sulfide) groups is 1. The molecule has 2 heterocycles. The predicted molar refractivity (Wildman–Crippen MR) is 88.3 cm³/mol. The minimum absolute atomic E-state index is 0.168. The molecule has 1 aliphatic rings. The molecule has 0 spiro atoms. The number of rotatable bonds is 1. The van der Waals surface area contributed by atoms with E-state index < -0.39 is 0 Å². The summed E-state index contributed by atoms with van der Waals surface area (Å²) in [6.07, 6.45) is 0. The zero-order chi connectivity index (χ0) is 15.2. The smallest absolute Gasteiger partial charge is 0.210 e. The van der Waals surface area contributed by atoms with Crippen molar-refractivity contribution >= 4 is 11.8 Å². The summed E-state index contributed by atoms with van der Waals surface area (Å²) in [5, 5.41) is 10.1. The molecule has 0 saturated heterocycles. The summed E-state index contributed by atoms with van der Waals surface area (Å²) in [4.78, 5) is 0. The van der Waals surface area contributed by atoms with Crippen LogP contribution in [0.5, 0.6) is 0 Å². The van der Waals surface area contributed by atoms with Crippen LogP contribution in [0.3, 0.4) is 0 Å². The monoisotopic (exact) mass is 302 g/mol. The predicted octanol–water partition coefficient (Wildman–Crippen LogP) is 3.67. The molecule has 5 heteroatoms. The van der Waals surface area contributed by atoms with E-state index in [0.29, 0.717) is 11.3 Å². The summed E-state index contributed by atoms with van der Waals surface area (Å²) in [7, 11) is 0. The maximum absolute atomic E-state index is 4.36. The van der Waals surface area contributed by atoms with Crippen LogP contribution >= 0.6 is 11.8 Å². The maximum Gasteiger partial charge on any atom is 0.210 e. The largest absolute Gasteiger partial charge is 0.318 e. The number of benzene rings is 1. The lowest BCUT2D eigenvalue weighted by Gasteiger charge is -2.28. The Labute approximate surface area is 130 Å². The van der Waals surface area contributed by atoms with Crippen LogP contribution in [-0.2, 0) is 5.41 Å². The van der Waals surface area contributed by atoms with Crippen molar-refractivity contribution in [2.45, 2.75) is 56.5 Å². The first-order chi connectivity index (χ1) is 9.86. The van der Waals surface area contributed by atoms with Crippen molar-refractivity contribution in [2.75, 3.05) is 5.43 Å². The van der Waals surface area contributed by atoms with Gasteiger partial charge in [0.1, 0.15) is 0 Å². The van der Waals surface area contributed by atoms with E-state index in [1.807, 2.05) is 4.68 Å². The normalized spacial score (nSPS) is 21.8. The summed E-state index contributed by atoms with van der Waals surface area (Å²) in [5.74, 6) is 0.886. The van der Waals surface area contributed by atoms with Gasteiger partial charge in [0.2, 0.25) is 5.16 Å². The zero-order valence-corrected chi connectivity index (χ0v) is 14.0. The topological polar surface area (TPSA) is 42.7 Å². The average Bonchev–Trinajstić information content (AvgIpc) is 2.81. The second-order valence-electron chi connectivity index (χ2n) is 6.71. The molecular weight excluding hydrogens is 280 g/mol. The first kappa shape index (κ1) is 14.4. The van der Waals surface area contributed by atoms with Crippen LogP contribution in [0.4, 0.5) is 0 Å². The average molecular weight is 302 g/mol. The standard InChI is InChI=1S/C16H22N4S/c1-10-11(2)21-15-18-17-14(20(15)19-10)12-6-8-13(9-7-12)16(3,4)5/h6-11,19H,1-5H3. The molecule has 2 atom stereocenters. The summed E-state index contributed by atoms with van der Waals surface area (Å²) in [5.41, 5.74) is 6.06. The first-order valence-corrected chi connectivity index (χ1v) is 8.24. The van der Waals surface area contributed by atoms with E-state index >= 15 is 0 Å². The molecule has 1 aliphatic heterocycles. The molecule has 0 amide bonds. The van der Waals surface area contributed by atoms with E-state index in [1.54, 1.807) is 11.8 Å². The van der Waals surface area contributed by atoms with Crippen molar-refractivity contribution in [3.8, 4) is 11.4 Å². The molecule has 2 aromatic rings. The second kappa shape index (κ2) is 5.05. The van der Waals surface area contributed by atoms with Crippen LogP contribution < -0.4 is 5.43 Å². The number of nitrogens with zero attached hydrogens (tertiary/aromatic N) is 3. The summed E-state index contributed by atoms with van der Waals surface area (Å²) in [6, 6.07) is 9.02. The summed E-state index contributed by atoms with van der Waals surface area (Å²) >= 11 is 1.77. The van der Waals surface area contributed by atoms with Crippen molar-refractivity contribution in [2.24, 2.45) is 0 Å². The van der Waals surface area contributed by atoms with Crippen LogP contribution in [0.25, 0.3) is 11.4 Å². The third-order valence-electron chi connectivity index (χ3n) is 3.97. The number of aromatic nitrogens is 3. The molecule has 3 rings (SSSR count). The van der Waals surface area contributed by atoms with E-state index in [2.05, 4.69) is 74.5 Å². The first-order valence-electron chi connectivity index (χ1n) is 7.36. The number of hydrogen-bond acceptors (Lipinski definition) is 4. The Morgan fingerprint density at radius 2 is 1.76 bits per heavy atom. The quantitative estimate of drug-likeness (QED) is 0.873. The van der Waals surface area contributed by atoms with Crippen molar-refractivity contribution in [1.82, 2.24) is 14.9 Å². The van der Waals surface area contributed by atoms with Gasteiger partial charge in [-0.3, -0.25) is 0 Å². The zero-order valence-electron chi connectivity index (χ0n) is 13.2. The fourth-order valence-corrected chi connectivity index (χ4v) is 3.28. The molecule has 0 bridgehead atoms. The Balaban J connectivity index is 1.95. The molecule has 1 N–H and O–H groups in total. The van der Waals surface area contributed by atoms with Gasteiger partial charge in [-0.05, 0) is 17.9 Å². The Morgan fingerprint density at radius 1 is 1.10 bits per heavy atom. The molecular formula is C16H22N4S. The third-order valence-corrected chi connectivity index (χ3v) is 5.23. The van der Waals surface area contributed by atoms with Crippen LogP contribution in [0, 0.1) is 0 Å². The molecule has 21 heavy (non-hydrogen) atoms. The highest BCUT2D eigenvalue weighted by Crippen LogP contribution is 2.32. The molecule has 0 aliphatic carbocycles. The van der Waals surface area contributed by atoms with E-state index in [-0.39, 0.29) is 5.41 Å². The lowest BCUT2D eigenvalue weighted by molar-refractivity contribution is 0.590. The highest BCUT2D eigenvalue weighted by molar-refractivity contribution is 7.99. The number of hydrogen-bond donors (Lipinski definition) is 1. The molecule has 0 fully saturated rings. The van der Waals surface area contributed by atoms with Gasteiger partial charge >= 0.3 is 0 Å². The molecule has 1 aromatic heterocycles. The van der Waals surface area contributed by atoms with Crippen molar-refractivity contribution in [3.05, 3.63) is 29.8 Å². The van der Waals surface area contributed by atoms with Gasteiger partial charge in [0.15, 0.2) is 5.82 Å². The van der Waals surface area contributed by atoms with Gasteiger partial charge in [0.05, 0.1) is 6.04 Å². The lowest BCUT2D eigenvalue weighted by atomic mass is 9.87. The van der Waals surface area contributed by atoms with Crippen LogP contribution in [0.2, 0.25) is 0 Å². The molecule has 1 aromatic carbocycles. The fraction of sp³-hybridized carbons (Fsp3) is 0.500. The van der Waals surface area contributed by atoms with Gasteiger partial charge in [-0.2, -0.15) is 0 Å². The Kier molecular flexibility index (Phi) is 3.48. The third kappa shape index (κ3) is 2.67. The summed E-state index contributed by atoms with van der Waals surface area (Å²) in [6.45, 7) is 11.1. The highest BCUT2D eigenvalue weighted by Gasteiger charge is 2.26. The SMILES string of the molecule is CC1Nn2c(nnc2-c2ccc(C(C)(C)C)cc2)SC1C. The van der Waals surface area contributed by atoms with E-state index in [9.17, 15) is 0 Å². The molecule has 2 unspecified atom stereocenters. The van der Waals surface area contributed by atoms with Gasteiger partial charge in [-0.25, -0.2) is 4.68 Å². The minimum Gasteiger partial charge on any atom is -0.318 e. The Morgan fingerprint density at radius 3 is 2.38 bits per heavy atom. The fourth-order valence-electron chi connectivity index (χ4n) is 2.35. The van der Waals surface area contributed by atoms with E-state index in [1.165, 1.54) is 5.56 Å². The van der Waals surface area contributed by atoms with E-state index in [4.69, 9.17) is 0 Å². The van der Waals surface area contributed by atoms with Gasteiger partial charge in [-0.1, -0.05) is 63.7 Å². The van der Waals surface area contributed by atoms with Crippen LogP contribution in [0.15, 0.2) is 29.4 Å². The van der Waals surface area contributed by atoms with Gasteiger partial charge < -0.3 is 5.43 Å². The molecule has 112 valence electrons. The number of fused-ring (bicyclic) bond motifs is 1. The maximum atomic E-state index is 4.36. The molecule has 0 radical (unpaired) electrons. The summed E-state index contributed by atoms with van der Waals surface area (Å²) < 4.78 is 2.02. The Bertz CT molecular complexity index is 639. The van der Waals surface area contributed by atoms with Gasteiger partial charge in [0.25, 0.3) is 0 Å².